The minimum absolute atomic E-state index is 0.00200. The molecule has 1 heterocycles. The molecule has 3 saturated carbocycles. The number of rotatable bonds is 0. The Balaban J connectivity index is 1.62. The highest BCUT2D eigenvalue weighted by atomic mass is 16.7. The fourth-order valence-corrected chi connectivity index (χ4v) is 5.10. The minimum atomic E-state index is 0.00200. The van der Waals surface area contributed by atoms with Gasteiger partial charge in [0, 0.05) is 6.04 Å². The first-order chi connectivity index (χ1) is 7.69. The molecule has 4 aliphatic rings. The van der Waals surface area contributed by atoms with Crippen molar-refractivity contribution in [2.24, 2.45) is 23.0 Å². The maximum Gasteiger partial charge on any atom is 0.155 e. The van der Waals surface area contributed by atoms with E-state index in [0.29, 0.717) is 23.7 Å². The highest BCUT2D eigenvalue weighted by Gasteiger charge is 2.63. The van der Waals surface area contributed by atoms with E-state index in [1.54, 1.807) is 0 Å². The predicted octanol–water partition coefficient (Wildman–Crippen LogP) is 1.65. The van der Waals surface area contributed by atoms with Gasteiger partial charge in [-0.15, -0.1) is 0 Å². The molecule has 1 spiro atoms. The van der Waals surface area contributed by atoms with Gasteiger partial charge in [0.25, 0.3) is 0 Å². The summed E-state index contributed by atoms with van der Waals surface area (Å²) in [5.74, 6) is 1.65. The van der Waals surface area contributed by atoms with Crippen LogP contribution in [0, 0.1) is 17.3 Å². The van der Waals surface area contributed by atoms with Gasteiger partial charge in [0.05, 0.1) is 12.2 Å². The number of hydrogen-bond acceptors (Lipinski definition) is 3. The third-order valence-electron chi connectivity index (χ3n) is 5.77. The molecule has 16 heavy (non-hydrogen) atoms. The molecule has 3 aliphatic carbocycles. The van der Waals surface area contributed by atoms with Crippen molar-refractivity contribution in [3.05, 3.63) is 0 Å². The third kappa shape index (κ3) is 1.05. The topological polar surface area (TPSA) is 44.5 Å². The van der Waals surface area contributed by atoms with Gasteiger partial charge < -0.3 is 15.2 Å². The Kier molecular flexibility index (Phi) is 1.85. The molecule has 4 rings (SSSR count). The number of ether oxygens (including phenoxy) is 2. The van der Waals surface area contributed by atoms with Gasteiger partial charge in [-0.3, -0.25) is 0 Å². The van der Waals surface area contributed by atoms with Crippen LogP contribution in [0.3, 0.4) is 0 Å². The van der Waals surface area contributed by atoms with Crippen molar-refractivity contribution in [1.29, 1.82) is 0 Å². The fraction of sp³-hybridized carbons (Fsp3) is 1.00. The van der Waals surface area contributed by atoms with E-state index in [-0.39, 0.29) is 6.29 Å². The Morgan fingerprint density at radius 1 is 1.12 bits per heavy atom. The van der Waals surface area contributed by atoms with E-state index < -0.39 is 0 Å². The first-order valence-corrected chi connectivity index (χ1v) is 6.75. The summed E-state index contributed by atoms with van der Waals surface area (Å²) >= 11 is 0. The van der Waals surface area contributed by atoms with Crippen molar-refractivity contribution in [1.82, 2.24) is 0 Å². The molecule has 3 heteroatoms. The van der Waals surface area contributed by atoms with Crippen LogP contribution in [-0.4, -0.2) is 24.5 Å². The summed E-state index contributed by atoms with van der Waals surface area (Å²) in [4.78, 5) is 0. The zero-order valence-corrected chi connectivity index (χ0v) is 9.89. The molecule has 7 atom stereocenters. The molecule has 0 aromatic heterocycles. The van der Waals surface area contributed by atoms with E-state index in [2.05, 4.69) is 0 Å². The molecular weight excluding hydrogens is 202 g/mol. The molecule has 0 aromatic rings. The fourth-order valence-electron chi connectivity index (χ4n) is 5.10. The SMILES string of the molecule is C[C@@H]1OC2C[C@@]3(C[C@@H]2O1)[C@@H]1CC[C@@H](C1)[C@@H]3N. The summed E-state index contributed by atoms with van der Waals surface area (Å²) in [5, 5.41) is 0. The molecule has 1 saturated heterocycles. The zero-order chi connectivity index (χ0) is 10.9. The van der Waals surface area contributed by atoms with Crippen molar-refractivity contribution in [2.45, 2.75) is 63.6 Å². The molecule has 2 N–H and O–H groups in total. The zero-order valence-electron chi connectivity index (χ0n) is 9.89. The largest absolute Gasteiger partial charge is 0.347 e. The summed E-state index contributed by atoms with van der Waals surface area (Å²) in [6.45, 7) is 2.01. The van der Waals surface area contributed by atoms with Crippen LogP contribution < -0.4 is 5.73 Å². The van der Waals surface area contributed by atoms with E-state index in [1.807, 2.05) is 6.92 Å². The Hall–Kier alpha value is -0.120. The van der Waals surface area contributed by atoms with Crippen LogP contribution >= 0.6 is 0 Å². The van der Waals surface area contributed by atoms with E-state index in [9.17, 15) is 0 Å². The molecule has 3 nitrogen and oxygen atoms in total. The van der Waals surface area contributed by atoms with Crippen LogP contribution in [0.1, 0.15) is 39.0 Å². The van der Waals surface area contributed by atoms with E-state index >= 15 is 0 Å². The highest BCUT2D eigenvalue weighted by molar-refractivity contribution is 5.14. The molecule has 90 valence electrons. The summed E-state index contributed by atoms with van der Waals surface area (Å²) in [7, 11) is 0. The van der Waals surface area contributed by atoms with Crippen molar-refractivity contribution in [3.63, 3.8) is 0 Å². The van der Waals surface area contributed by atoms with Gasteiger partial charge >= 0.3 is 0 Å². The second kappa shape index (κ2) is 3.01. The van der Waals surface area contributed by atoms with Gasteiger partial charge in [0.1, 0.15) is 0 Å². The predicted molar refractivity (Wildman–Crippen MR) is 59.7 cm³/mol. The highest BCUT2D eigenvalue weighted by Crippen LogP contribution is 2.63. The molecule has 1 unspecified atom stereocenters. The first-order valence-electron chi connectivity index (χ1n) is 6.75. The average molecular weight is 223 g/mol. The molecule has 1 aliphatic heterocycles. The number of nitrogens with two attached hydrogens (primary N) is 1. The smallest absolute Gasteiger partial charge is 0.155 e. The van der Waals surface area contributed by atoms with Crippen LogP contribution in [0.15, 0.2) is 0 Å². The second-order valence-corrected chi connectivity index (χ2v) is 6.35. The Morgan fingerprint density at radius 2 is 1.81 bits per heavy atom. The van der Waals surface area contributed by atoms with Crippen LogP contribution in [0.4, 0.5) is 0 Å². The van der Waals surface area contributed by atoms with Crippen LogP contribution in [-0.2, 0) is 9.47 Å². The maximum absolute atomic E-state index is 6.49. The van der Waals surface area contributed by atoms with Crippen LogP contribution in [0.2, 0.25) is 0 Å². The summed E-state index contributed by atoms with van der Waals surface area (Å²) in [6, 6.07) is 0.416. The molecule has 0 amide bonds. The van der Waals surface area contributed by atoms with Crippen molar-refractivity contribution in [3.8, 4) is 0 Å². The summed E-state index contributed by atoms with van der Waals surface area (Å²) in [5.41, 5.74) is 6.86. The van der Waals surface area contributed by atoms with Gasteiger partial charge in [-0.05, 0) is 56.3 Å². The van der Waals surface area contributed by atoms with Gasteiger partial charge in [0.15, 0.2) is 6.29 Å². The number of hydrogen-bond donors (Lipinski definition) is 1. The van der Waals surface area contributed by atoms with E-state index in [1.165, 1.54) is 19.3 Å². The Morgan fingerprint density at radius 3 is 2.38 bits per heavy atom. The van der Waals surface area contributed by atoms with Crippen LogP contribution in [0.25, 0.3) is 0 Å². The van der Waals surface area contributed by atoms with Crippen LogP contribution in [0.5, 0.6) is 0 Å². The number of fused-ring (bicyclic) bond motifs is 4. The second-order valence-electron chi connectivity index (χ2n) is 6.35. The lowest BCUT2D eigenvalue weighted by molar-refractivity contribution is -0.0774. The lowest BCUT2D eigenvalue weighted by Crippen LogP contribution is -2.45. The molecule has 0 aromatic carbocycles. The normalized spacial score (nSPS) is 63.4. The lowest BCUT2D eigenvalue weighted by Gasteiger charge is -2.39. The first kappa shape index (κ1) is 9.86. The summed E-state index contributed by atoms with van der Waals surface area (Å²) < 4.78 is 11.7. The van der Waals surface area contributed by atoms with Crippen molar-refractivity contribution >= 4 is 0 Å². The lowest BCUT2D eigenvalue weighted by atomic mass is 9.68. The monoisotopic (exact) mass is 223 g/mol. The molecule has 0 radical (unpaired) electrons. The molecular formula is C13H21NO2. The Labute approximate surface area is 96.7 Å². The van der Waals surface area contributed by atoms with E-state index in [4.69, 9.17) is 15.2 Å². The average Bonchev–Trinajstić information content (AvgIpc) is 2.89. The van der Waals surface area contributed by atoms with Gasteiger partial charge in [-0.2, -0.15) is 0 Å². The molecule has 2 bridgehead atoms. The quantitative estimate of drug-likeness (QED) is 0.679. The van der Waals surface area contributed by atoms with Crippen molar-refractivity contribution in [2.75, 3.05) is 0 Å². The van der Waals surface area contributed by atoms with Gasteiger partial charge in [-0.25, -0.2) is 0 Å². The van der Waals surface area contributed by atoms with Crippen molar-refractivity contribution < 1.29 is 9.47 Å². The van der Waals surface area contributed by atoms with Gasteiger partial charge in [-0.1, -0.05) is 0 Å². The Bertz CT molecular complexity index is 301. The molecule has 4 fully saturated rings. The maximum atomic E-state index is 6.49. The standard InChI is InChI=1S/C13H21NO2/c1-7-15-10-5-13(6-11(10)16-7)9-3-2-8(4-9)12(13)14/h7-12H,2-6,14H2,1H3/t7-,8-,9+,10-,11?,12-,13-/m0/s1. The summed E-state index contributed by atoms with van der Waals surface area (Å²) in [6.07, 6.45) is 7.11. The third-order valence-corrected chi connectivity index (χ3v) is 5.77. The van der Waals surface area contributed by atoms with E-state index in [0.717, 1.165) is 24.7 Å². The minimum Gasteiger partial charge on any atom is -0.347 e. The van der Waals surface area contributed by atoms with Gasteiger partial charge in [0.2, 0.25) is 0 Å².